The molecule has 0 aliphatic carbocycles. The number of aromatic nitrogens is 2. The van der Waals surface area contributed by atoms with Crippen LogP contribution in [0.3, 0.4) is 0 Å². The lowest BCUT2D eigenvalue weighted by Crippen LogP contribution is -2.11. The second-order valence-corrected chi connectivity index (χ2v) is 8.75. The first-order valence-electron chi connectivity index (χ1n) is 8.91. The predicted molar refractivity (Wildman–Crippen MR) is 122 cm³/mol. The Morgan fingerprint density at radius 1 is 1.07 bits per heavy atom. The third-order valence-corrected chi connectivity index (χ3v) is 6.45. The zero-order valence-electron chi connectivity index (χ0n) is 15.2. The van der Waals surface area contributed by atoms with Crippen molar-refractivity contribution >= 4 is 54.0 Å². The van der Waals surface area contributed by atoms with Crippen LogP contribution >= 0.6 is 43.2 Å². The van der Waals surface area contributed by atoms with E-state index in [0.29, 0.717) is 19.8 Å². The van der Waals surface area contributed by atoms with E-state index in [-0.39, 0.29) is 0 Å². The van der Waals surface area contributed by atoms with Gasteiger partial charge in [0, 0.05) is 10.5 Å². The molecule has 0 unspecified atom stereocenters. The number of benzene rings is 2. The van der Waals surface area contributed by atoms with Crippen LogP contribution in [0.25, 0.3) is 21.3 Å². The number of hydrogen-bond donors (Lipinski definition) is 0. The molecule has 0 saturated heterocycles. The molecule has 7 heteroatoms. The summed E-state index contributed by atoms with van der Waals surface area (Å²) >= 11 is 8.86. The number of halogens is 2. The summed E-state index contributed by atoms with van der Waals surface area (Å²) in [4.78, 5) is 1.13. The average molecular weight is 522 g/mol. The van der Waals surface area contributed by atoms with Gasteiger partial charge in [0.25, 0.3) is 0 Å². The van der Waals surface area contributed by atoms with Crippen LogP contribution < -0.4 is 9.47 Å². The molecule has 2 aromatic heterocycles. The summed E-state index contributed by atoms with van der Waals surface area (Å²) in [7, 11) is 0. The highest BCUT2D eigenvalue weighted by atomic mass is 79.9. The van der Waals surface area contributed by atoms with Gasteiger partial charge in [0.2, 0.25) is 5.88 Å². The van der Waals surface area contributed by atoms with Gasteiger partial charge in [-0.3, -0.25) is 0 Å². The summed E-state index contributed by atoms with van der Waals surface area (Å²) in [5.74, 6) is 1.58. The molecule has 2 heterocycles. The standard InChI is InChI=1S/C21H18Br2N2O2S/c1-2-26-20-13-17(19-4-3-11-28-19)24-25(20)9-10-27-18-8-5-14-12-15(22)6-7-16(14)21(18)23/h3-8,11-13H,2,9-10H2,1H3. The smallest absolute Gasteiger partial charge is 0.212 e. The maximum Gasteiger partial charge on any atom is 0.212 e. The van der Waals surface area contributed by atoms with Crippen molar-refractivity contribution in [1.29, 1.82) is 0 Å². The van der Waals surface area contributed by atoms with Gasteiger partial charge in [0.05, 0.1) is 22.5 Å². The van der Waals surface area contributed by atoms with Crippen molar-refractivity contribution in [3.05, 3.63) is 62.9 Å². The maximum absolute atomic E-state index is 6.04. The SMILES string of the molecule is CCOc1cc(-c2cccs2)nn1CCOc1ccc2cc(Br)ccc2c1Br. The van der Waals surface area contributed by atoms with Gasteiger partial charge < -0.3 is 9.47 Å². The highest BCUT2D eigenvalue weighted by Gasteiger charge is 2.12. The minimum Gasteiger partial charge on any atom is -0.490 e. The largest absolute Gasteiger partial charge is 0.490 e. The van der Waals surface area contributed by atoms with E-state index in [9.17, 15) is 0 Å². The number of nitrogens with zero attached hydrogens (tertiary/aromatic N) is 2. The maximum atomic E-state index is 6.04. The molecule has 0 fully saturated rings. The first-order valence-corrected chi connectivity index (χ1v) is 11.4. The minimum absolute atomic E-state index is 0.492. The highest BCUT2D eigenvalue weighted by Crippen LogP contribution is 2.34. The van der Waals surface area contributed by atoms with Gasteiger partial charge in [-0.1, -0.05) is 34.1 Å². The molecule has 0 radical (unpaired) electrons. The van der Waals surface area contributed by atoms with E-state index in [1.807, 2.05) is 41.3 Å². The quantitative estimate of drug-likeness (QED) is 0.269. The minimum atomic E-state index is 0.492. The Morgan fingerprint density at radius 2 is 1.96 bits per heavy atom. The summed E-state index contributed by atoms with van der Waals surface area (Å²) in [6.45, 7) is 3.67. The Balaban J connectivity index is 1.50. The van der Waals surface area contributed by atoms with Crippen molar-refractivity contribution in [1.82, 2.24) is 9.78 Å². The van der Waals surface area contributed by atoms with E-state index in [2.05, 4.69) is 61.2 Å². The lowest BCUT2D eigenvalue weighted by Gasteiger charge is -2.12. The van der Waals surface area contributed by atoms with Crippen LogP contribution in [0.2, 0.25) is 0 Å². The number of thiophene rings is 1. The molecule has 4 nitrogen and oxygen atoms in total. The third kappa shape index (κ3) is 4.11. The molecule has 0 bridgehead atoms. The van der Waals surface area contributed by atoms with Crippen LogP contribution in [0, 0.1) is 0 Å². The molecule has 0 spiro atoms. The van der Waals surface area contributed by atoms with Crippen LogP contribution in [-0.4, -0.2) is 23.0 Å². The van der Waals surface area contributed by atoms with E-state index in [4.69, 9.17) is 9.47 Å². The zero-order chi connectivity index (χ0) is 19.5. The molecule has 144 valence electrons. The number of fused-ring (bicyclic) bond motifs is 1. The van der Waals surface area contributed by atoms with Crippen molar-refractivity contribution in [2.75, 3.05) is 13.2 Å². The number of rotatable bonds is 7. The van der Waals surface area contributed by atoms with Crippen molar-refractivity contribution in [3.8, 4) is 22.2 Å². The second-order valence-electron chi connectivity index (χ2n) is 6.09. The van der Waals surface area contributed by atoms with E-state index < -0.39 is 0 Å². The molecule has 2 aromatic carbocycles. The summed E-state index contributed by atoms with van der Waals surface area (Å²) in [5.41, 5.74) is 0.927. The zero-order valence-corrected chi connectivity index (χ0v) is 19.2. The predicted octanol–water partition coefficient (Wildman–Crippen LogP) is 6.77. The van der Waals surface area contributed by atoms with Gasteiger partial charge in [-0.15, -0.1) is 11.3 Å². The molecule has 4 rings (SSSR count). The van der Waals surface area contributed by atoms with Gasteiger partial charge in [0.15, 0.2) is 0 Å². The molecule has 0 aliphatic rings. The summed E-state index contributed by atoms with van der Waals surface area (Å²) in [6.07, 6.45) is 0. The monoisotopic (exact) mass is 520 g/mol. The van der Waals surface area contributed by atoms with Crippen LogP contribution in [-0.2, 0) is 6.54 Å². The van der Waals surface area contributed by atoms with Gasteiger partial charge in [-0.2, -0.15) is 5.10 Å². The number of hydrogen-bond acceptors (Lipinski definition) is 4. The first kappa shape index (κ1) is 19.5. The molecule has 0 atom stereocenters. The normalized spacial score (nSPS) is 11.1. The molecule has 0 saturated carbocycles. The fraction of sp³-hybridized carbons (Fsp3) is 0.190. The van der Waals surface area contributed by atoms with Crippen molar-refractivity contribution in [2.45, 2.75) is 13.5 Å². The van der Waals surface area contributed by atoms with Gasteiger partial charge in [-0.25, -0.2) is 4.68 Å². The first-order chi connectivity index (χ1) is 13.7. The molecule has 0 aliphatic heterocycles. The Kier molecular flexibility index (Phi) is 6.04. The van der Waals surface area contributed by atoms with Crippen molar-refractivity contribution in [3.63, 3.8) is 0 Å². The van der Waals surface area contributed by atoms with Gasteiger partial charge >= 0.3 is 0 Å². The second kappa shape index (κ2) is 8.68. The fourth-order valence-corrected chi connectivity index (χ4v) is 4.63. The topological polar surface area (TPSA) is 36.3 Å². The average Bonchev–Trinajstić information content (AvgIpc) is 3.34. The Morgan fingerprint density at radius 3 is 2.75 bits per heavy atom. The Hall–Kier alpha value is -1.83. The third-order valence-electron chi connectivity index (χ3n) is 4.25. The van der Waals surface area contributed by atoms with Gasteiger partial charge in [-0.05, 0) is 63.3 Å². The van der Waals surface area contributed by atoms with Gasteiger partial charge in [0.1, 0.15) is 18.1 Å². The van der Waals surface area contributed by atoms with E-state index in [1.165, 1.54) is 0 Å². The summed E-state index contributed by atoms with van der Waals surface area (Å²) in [5, 5.41) is 9.01. The van der Waals surface area contributed by atoms with E-state index in [0.717, 1.165) is 41.9 Å². The van der Waals surface area contributed by atoms with Crippen LogP contribution in [0.5, 0.6) is 11.6 Å². The van der Waals surface area contributed by atoms with Crippen LogP contribution in [0.4, 0.5) is 0 Å². The molecular weight excluding hydrogens is 504 g/mol. The lowest BCUT2D eigenvalue weighted by atomic mass is 10.1. The van der Waals surface area contributed by atoms with E-state index in [1.54, 1.807) is 11.3 Å². The van der Waals surface area contributed by atoms with Crippen molar-refractivity contribution < 1.29 is 9.47 Å². The lowest BCUT2D eigenvalue weighted by molar-refractivity contribution is 0.259. The highest BCUT2D eigenvalue weighted by molar-refractivity contribution is 9.11. The molecular formula is C21H18Br2N2O2S. The fourth-order valence-electron chi connectivity index (χ4n) is 2.96. The molecule has 0 amide bonds. The molecule has 28 heavy (non-hydrogen) atoms. The molecule has 4 aromatic rings. The molecule has 0 N–H and O–H groups in total. The van der Waals surface area contributed by atoms with Crippen LogP contribution in [0.1, 0.15) is 6.92 Å². The summed E-state index contributed by atoms with van der Waals surface area (Å²) < 4.78 is 15.7. The number of ether oxygens (including phenoxy) is 2. The van der Waals surface area contributed by atoms with E-state index >= 15 is 0 Å². The van der Waals surface area contributed by atoms with Crippen LogP contribution in [0.15, 0.2) is 62.9 Å². The van der Waals surface area contributed by atoms with Crippen molar-refractivity contribution in [2.24, 2.45) is 0 Å². The Bertz CT molecular complexity index is 1090. The summed E-state index contributed by atoms with van der Waals surface area (Å²) in [6, 6.07) is 16.3. The Labute approximate surface area is 184 Å².